The van der Waals surface area contributed by atoms with Gasteiger partial charge in [0.05, 0.1) is 5.60 Å². The zero-order valence-corrected chi connectivity index (χ0v) is 10.7. The van der Waals surface area contributed by atoms with Crippen LogP contribution >= 0.6 is 11.8 Å². The van der Waals surface area contributed by atoms with E-state index in [1.807, 2.05) is 11.8 Å². The molecule has 0 spiro atoms. The van der Waals surface area contributed by atoms with Crippen LogP contribution in [0.1, 0.15) is 37.3 Å². The first-order chi connectivity index (χ1) is 7.74. The van der Waals surface area contributed by atoms with Crippen LogP contribution in [0, 0.1) is 0 Å². The van der Waals surface area contributed by atoms with Gasteiger partial charge in [-0.1, -0.05) is 37.6 Å². The summed E-state index contributed by atoms with van der Waals surface area (Å²) in [6.07, 6.45) is 4.54. The van der Waals surface area contributed by atoms with Crippen molar-refractivity contribution in [1.82, 2.24) is 0 Å². The van der Waals surface area contributed by atoms with Gasteiger partial charge < -0.3 is 5.11 Å². The normalized spacial score (nSPS) is 24.9. The molecule has 1 N–H and O–H groups in total. The second-order valence-corrected chi connectivity index (χ2v) is 5.74. The molecule has 0 aromatic heterocycles. The van der Waals surface area contributed by atoms with E-state index in [4.69, 9.17) is 0 Å². The van der Waals surface area contributed by atoms with Gasteiger partial charge in [0.2, 0.25) is 0 Å². The summed E-state index contributed by atoms with van der Waals surface area (Å²) in [7, 11) is 0. The summed E-state index contributed by atoms with van der Waals surface area (Å²) >= 11 is 1.84. The summed E-state index contributed by atoms with van der Waals surface area (Å²) < 4.78 is 0. The number of aryl methyl sites for hydroxylation is 1. The number of aliphatic hydroxyl groups is 1. The third-order valence-corrected chi connectivity index (χ3v) is 4.49. The molecule has 16 heavy (non-hydrogen) atoms. The van der Waals surface area contributed by atoms with Crippen molar-refractivity contribution in [3.8, 4) is 0 Å². The Kier molecular flexibility index (Phi) is 3.93. The number of benzene rings is 1. The van der Waals surface area contributed by atoms with Crippen molar-refractivity contribution in [1.29, 1.82) is 0 Å². The predicted molar refractivity (Wildman–Crippen MR) is 70.9 cm³/mol. The molecule has 0 saturated carbocycles. The second kappa shape index (κ2) is 5.24. The van der Waals surface area contributed by atoms with Gasteiger partial charge >= 0.3 is 0 Å². The minimum atomic E-state index is -0.562. The lowest BCUT2D eigenvalue weighted by molar-refractivity contribution is 0.0657. The minimum absolute atomic E-state index is 0.562. The highest BCUT2D eigenvalue weighted by atomic mass is 32.2. The van der Waals surface area contributed by atoms with E-state index in [1.165, 1.54) is 18.4 Å². The van der Waals surface area contributed by atoms with E-state index >= 15 is 0 Å². The monoisotopic (exact) mass is 236 g/mol. The van der Waals surface area contributed by atoms with Gasteiger partial charge in [-0.25, -0.2) is 0 Å². The summed E-state index contributed by atoms with van der Waals surface area (Å²) in [5, 5.41) is 10.4. The van der Waals surface area contributed by atoms with Gasteiger partial charge in [-0.05, 0) is 36.1 Å². The zero-order chi connectivity index (χ0) is 11.4. The smallest absolute Gasteiger partial charge is 0.0994 e. The molecule has 1 aliphatic heterocycles. The van der Waals surface area contributed by atoms with Gasteiger partial charge in [-0.15, -0.1) is 0 Å². The molecule has 1 fully saturated rings. The van der Waals surface area contributed by atoms with Crippen molar-refractivity contribution in [2.75, 3.05) is 11.5 Å². The molecule has 1 aromatic rings. The van der Waals surface area contributed by atoms with Gasteiger partial charge in [-0.2, -0.15) is 11.8 Å². The van der Waals surface area contributed by atoms with Gasteiger partial charge in [0.15, 0.2) is 0 Å². The van der Waals surface area contributed by atoms with Gasteiger partial charge in [0.1, 0.15) is 0 Å². The Balaban J connectivity index is 2.06. The van der Waals surface area contributed by atoms with Crippen molar-refractivity contribution in [3.05, 3.63) is 35.4 Å². The van der Waals surface area contributed by atoms with Crippen LogP contribution in [0.2, 0.25) is 0 Å². The number of hydrogen-bond acceptors (Lipinski definition) is 2. The molecule has 88 valence electrons. The summed E-state index contributed by atoms with van der Waals surface area (Å²) in [5.41, 5.74) is 1.92. The lowest BCUT2D eigenvalue weighted by Gasteiger charge is -2.22. The quantitative estimate of drug-likeness (QED) is 0.865. The van der Waals surface area contributed by atoms with Gasteiger partial charge in [0.25, 0.3) is 0 Å². The molecule has 1 aliphatic rings. The highest BCUT2D eigenvalue weighted by Crippen LogP contribution is 2.36. The Bertz CT molecular complexity index is 325. The maximum atomic E-state index is 10.4. The van der Waals surface area contributed by atoms with E-state index < -0.39 is 5.60 Å². The maximum Gasteiger partial charge on any atom is 0.0994 e. The molecule has 2 rings (SSSR count). The second-order valence-electron chi connectivity index (χ2n) is 4.63. The van der Waals surface area contributed by atoms with E-state index in [0.717, 1.165) is 29.9 Å². The fourth-order valence-corrected chi connectivity index (χ4v) is 3.42. The summed E-state index contributed by atoms with van der Waals surface area (Å²) in [6, 6.07) is 8.56. The summed E-state index contributed by atoms with van der Waals surface area (Å²) in [5.74, 6) is 1.93. The Hall–Kier alpha value is -0.470. The number of thioether (sulfide) groups is 1. The van der Waals surface area contributed by atoms with Gasteiger partial charge in [0, 0.05) is 5.75 Å². The van der Waals surface area contributed by atoms with Crippen molar-refractivity contribution in [3.63, 3.8) is 0 Å². The van der Waals surface area contributed by atoms with Crippen LogP contribution in [0.15, 0.2) is 24.3 Å². The summed E-state index contributed by atoms with van der Waals surface area (Å²) in [6.45, 7) is 2.22. The standard InChI is InChI=1S/C14H20OS/c1-2-3-4-12-5-7-13(8-6-12)14(15)9-10-16-11-14/h5-8,15H,2-4,9-11H2,1H3. The molecule has 1 atom stereocenters. The molecular weight excluding hydrogens is 216 g/mol. The van der Waals surface area contributed by atoms with Crippen LogP contribution in [0.5, 0.6) is 0 Å². The topological polar surface area (TPSA) is 20.2 Å². The molecule has 0 amide bonds. The van der Waals surface area contributed by atoms with Crippen LogP contribution < -0.4 is 0 Å². The molecule has 1 heterocycles. The van der Waals surface area contributed by atoms with Crippen molar-refractivity contribution in [2.24, 2.45) is 0 Å². The van der Waals surface area contributed by atoms with Crippen LogP contribution in [0.25, 0.3) is 0 Å². The fourth-order valence-electron chi connectivity index (χ4n) is 2.14. The Labute approximate surface area is 102 Å². The largest absolute Gasteiger partial charge is 0.384 e. The summed E-state index contributed by atoms with van der Waals surface area (Å²) in [4.78, 5) is 0. The van der Waals surface area contributed by atoms with E-state index in [1.54, 1.807) is 0 Å². The van der Waals surface area contributed by atoms with E-state index in [0.29, 0.717) is 0 Å². The van der Waals surface area contributed by atoms with Crippen LogP contribution in [-0.4, -0.2) is 16.6 Å². The Morgan fingerprint density at radius 1 is 1.31 bits per heavy atom. The minimum Gasteiger partial charge on any atom is -0.384 e. The maximum absolute atomic E-state index is 10.4. The fraction of sp³-hybridized carbons (Fsp3) is 0.571. The first-order valence-corrected chi connectivity index (χ1v) is 7.29. The molecule has 2 heteroatoms. The van der Waals surface area contributed by atoms with Crippen molar-refractivity contribution >= 4 is 11.8 Å². The average Bonchev–Trinajstić information content (AvgIpc) is 2.75. The number of hydrogen-bond donors (Lipinski definition) is 1. The number of unbranched alkanes of at least 4 members (excludes halogenated alkanes) is 1. The zero-order valence-electron chi connectivity index (χ0n) is 9.91. The lowest BCUT2D eigenvalue weighted by atomic mass is 9.92. The highest BCUT2D eigenvalue weighted by molar-refractivity contribution is 7.99. The van der Waals surface area contributed by atoms with Crippen LogP contribution in [0.3, 0.4) is 0 Å². The van der Waals surface area contributed by atoms with Crippen molar-refractivity contribution < 1.29 is 5.11 Å². The Morgan fingerprint density at radius 2 is 2.06 bits per heavy atom. The molecule has 0 aliphatic carbocycles. The van der Waals surface area contributed by atoms with Crippen LogP contribution in [0.4, 0.5) is 0 Å². The lowest BCUT2D eigenvalue weighted by Crippen LogP contribution is -2.24. The molecular formula is C14H20OS. The Morgan fingerprint density at radius 3 is 2.62 bits per heavy atom. The van der Waals surface area contributed by atoms with E-state index in [9.17, 15) is 5.11 Å². The molecule has 0 radical (unpaired) electrons. The molecule has 1 aromatic carbocycles. The van der Waals surface area contributed by atoms with E-state index in [2.05, 4.69) is 31.2 Å². The highest BCUT2D eigenvalue weighted by Gasteiger charge is 2.33. The number of rotatable bonds is 4. The SMILES string of the molecule is CCCCc1ccc(C2(O)CCSC2)cc1. The third-order valence-electron chi connectivity index (χ3n) is 3.31. The van der Waals surface area contributed by atoms with E-state index in [-0.39, 0.29) is 0 Å². The van der Waals surface area contributed by atoms with Crippen LogP contribution in [-0.2, 0) is 12.0 Å². The van der Waals surface area contributed by atoms with Gasteiger partial charge in [-0.3, -0.25) is 0 Å². The molecule has 1 unspecified atom stereocenters. The molecule has 0 bridgehead atoms. The first kappa shape index (κ1) is 12.0. The van der Waals surface area contributed by atoms with Crippen molar-refractivity contribution in [2.45, 2.75) is 38.2 Å². The third kappa shape index (κ3) is 2.61. The molecule has 1 saturated heterocycles. The first-order valence-electron chi connectivity index (χ1n) is 6.14. The predicted octanol–water partition coefficient (Wildman–Crippen LogP) is 3.35. The molecule has 1 nitrogen and oxygen atoms in total. The average molecular weight is 236 g/mol.